The van der Waals surface area contributed by atoms with Gasteiger partial charge in [0.2, 0.25) is 0 Å². The molecule has 1 atom stereocenters. The van der Waals surface area contributed by atoms with Gasteiger partial charge in [0.05, 0.1) is 19.3 Å². The predicted molar refractivity (Wildman–Crippen MR) is 72.0 cm³/mol. The molecule has 0 fully saturated rings. The van der Waals surface area contributed by atoms with E-state index in [1.165, 1.54) is 0 Å². The van der Waals surface area contributed by atoms with Crippen LogP contribution in [-0.2, 0) is 9.47 Å². The first kappa shape index (κ1) is 15.5. The Bertz CT molecular complexity index is 400. The Morgan fingerprint density at radius 3 is 2.63 bits per heavy atom. The number of methoxy groups -OCH3 is 2. The zero-order chi connectivity index (χ0) is 14.4. The topological polar surface area (TPSA) is 93.5 Å². The van der Waals surface area contributed by atoms with Crippen LogP contribution >= 0.6 is 0 Å². The molecule has 1 heterocycles. The molecule has 1 aromatic rings. The van der Waals surface area contributed by atoms with Crippen LogP contribution in [0.25, 0.3) is 0 Å². The minimum atomic E-state index is -0.162. The number of hydrogen-bond acceptors (Lipinski definition) is 5. The van der Waals surface area contributed by atoms with Gasteiger partial charge in [0.1, 0.15) is 5.56 Å². The third-order valence-corrected chi connectivity index (χ3v) is 2.93. The van der Waals surface area contributed by atoms with E-state index in [0.717, 1.165) is 0 Å². The lowest BCUT2D eigenvalue weighted by Crippen LogP contribution is -2.43. The number of nitrogens with two attached hydrogens (primary N) is 1. The summed E-state index contributed by atoms with van der Waals surface area (Å²) in [6.07, 6.45) is 0. The van der Waals surface area contributed by atoms with Gasteiger partial charge in [-0.1, -0.05) is 0 Å². The molecule has 0 aliphatic rings. The fourth-order valence-electron chi connectivity index (χ4n) is 1.90. The molecule has 0 radical (unpaired) electrons. The van der Waals surface area contributed by atoms with Gasteiger partial charge < -0.3 is 20.1 Å². The number of anilines is 1. The van der Waals surface area contributed by atoms with Gasteiger partial charge in [-0.25, -0.2) is 0 Å². The molecule has 0 aliphatic heterocycles. The van der Waals surface area contributed by atoms with Crippen LogP contribution in [0.15, 0.2) is 0 Å². The molecule has 0 aliphatic carbocycles. The minimum absolute atomic E-state index is 0.0682. The van der Waals surface area contributed by atoms with Crippen molar-refractivity contribution < 1.29 is 14.3 Å². The normalized spacial score (nSPS) is 12.4. The molecular formula is C12H22N4O3. The van der Waals surface area contributed by atoms with Gasteiger partial charge in [0.25, 0.3) is 5.91 Å². The maximum Gasteiger partial charge on any atom is 0.259 e. The predicted octanol–water partition coefficient (Wildman–Crippen LogP) is 0.424. The van der Waals surface area contributed by atoms with Crippen molar-refractivity contribution in [1.29, 1.82) is 0 Å². The molecule has 1 rings (SSSR count). The number of amides is 1. The summed E-state index contributed by atoms with van der Waals surface area (Å²) in [5, 5.41) is 6.56. The third-order valence-electron chi connectivity index (χ3n) is 2.93. The van der Waals surface area contributed by atoms with Crippen LogP contribution in [0.1, 0.15) is 23.0 Å². The molecule has 1 amide bonds. The lowest BCUT2D eigenvalue weighted by Gasteiger charge is -2.28. The van der Waals surface area contributed by atoms with Crippen LogP contribution in [0, 0.1) is 6.92 Å². The number of H-pyrrole nitrogens is 1. The number of carbonyl (C=O) groups is 1. The lowest BCUT2D eigenvalue weighted by atomic mass is 10.1. The van der Waals surface area contributed by atoms with Crippen LogP contribution in [0.5, 0.6) is 0 Å². The number of nitrogen functional groups attached to an aromatic ring is 1. The van der Waals surface area contributed by atoms with E-state index in [1.54, 1.807) is 26.0 Å². The van der Waals surface area contributed by atoms with Crippen molar-refractivity contribution in [2.45, 2.75) is 19.9 Å². The van der Waals surface area contributed by atoms with Gasteiger partial charge in [-0.05, 0) is 13.8 Å². The molecule has 1 aromatic heterocycles. The molecule has 7 nitrogen and oxygen atoms in total. The van der Waals surface area contributed by atoms with Crippen molar-refractivity contribution in [3.8, 4) is 0 Å². The Morgan fingerprint density at radius 1 is 1.47 bits per heavy atom. The van der Waals surface area contributed by atoms with Crippen LogP contribution < -0.4 is 5.73 Å². The maximum atomic E-state index is 12.5. The first-order chi connectivity index (χ1) is 9.02. The zero-order valence-corrected chi connectivity index (χ0v) is 11.9. The van der Waals surface area contributed by atoms with Gasteiger partial charge in [-0.15, -0.1) is 0 Å². The second-order valence-electron chi connectivity index (χ2n) is 4.40. The number of carbonyl (C=O) groups excluding carboxylic acids is 1. The van der Waals surface area contributed by atoms with Crippen molar-refractivity contribution in [3.63, 3.8) is 0 Å². The molecule has 3 N–H and O–H groups in total. The summed E-state index contributed by atoms with van der Waals surface area (Å²) < 4.78 is 10.1. The van der Waals surface area contributed by atoms with Crippen molar-refractivity contribution in [1.82, 2.24) is 15.1 Å². The highest BCUT2D eigenvalue weighted by molar-refractivity contribution is 5.99. The quantitative estimate of drug-likeness (QED) is 0.749. The van der Waals surface area contributed by atoms with E-state index in [-0.39, 0.29) is 17.8 Å². The van der Waals surface area contributed by atoms with Crippen molar-refractivity contribution in [2.75, 3.05) is 39.7 Å². The molecule has 7 heteroatoms. The average molecular weight is 270 g/mol. The number of hydrogen-bond donors (Lipinski definition) is 2. The second-order valence-corrected chi connectivity index (χ2v) is 4.40. The summed E-state index contributed by atoms with van der Waals surface area (Å²) in [5.74, 6) is 0.0554. The number of nitrogens with one attached hydrogen (secondary N) is 1. The molecule has 0 saturated carbocycles. The molecule has 0 spiro atoms. The van der Waals surface area contributed by atoms with Crippen LogP contribution in [0.3, 0.4) is 0 Å². The molecule has 0 aromatic carbocycles. The SMILES string of the molecule is COCCN(C(=O)c1c(N)n[nH]c1C)C(C)COC. The van der Waals surface area contributed by atoms with E-state index < -0.39 is 0 Å². The molecule has 1 unspecified atom stereocenters. The fraction of sp³-hybridized carbons (Fsp3) is 0.667. The minimum Gasteiger partial charge on any atom is -0.383 e. The Kier molecular flexibility index (Phi) is 5.78. The van der Waals surface area contributed by atoms with E-state index in [9.17, 15) is 4.79 Å². The van der Waals surface area contributed by atoms with Gasteiger partial charge >= 0.3 is 0 Å². The van der Waals surface area contributed by atoms with E-state index in [2.05, 4.69) is 10.2 Å². The van der Waals surface area contributed by atoms with Crippen LogP contribution in [0.2, 0.25) is 0 Å². The van der Waals surface area contributed by atoms with Crippen LogP contribution in [0.4, 0.5) is 5.82 Å². The summed E-state index contributed by atoms with van der Waals surface area (Å²) >= 11 is 0. The number of aryl methyl sites for hydroxylation is 1. The van der Waals surface area contributed by atoms with E-state index >= 15 is 0 Å². The fourth-order valence-corrected chi connectivity index (χ4v) is 1.90. The van der Waals surface area contributed by atoms with E-state index in [1.807, 2.05) is 6.92 Å². The van der Waals surface area contributed by atoms with E-state index in [4.69, 9.17) is 15.2 Å². The first-order valence-electron chi connectivity index (χ1n) is 6.12. The lowest BCUT2D eigenvalue weighted by molar-refractivity contribution is 0.0480. The number of aromatic amines is 1. The zero-order valence-electron chi connectivity index (χ0n) is 11.9. The number of nitrogens with zero attached hydrogens (tertiary/aromatic N) is 2. The molecule has 0 saturated heterocycles. The monoisotopic (exact) mass is 270 g/mol. The summed E-state index contributed by atoms with van der Waals surface area (Å²) in [7, 11) is 3.20. The Labute approximate surface area is 113 Å². The molecule has 0 bridgehead atoms. The van der Waals surface area contributed by atoms with Crippen LogP contribution in [-0.4, -0.2) is 61.0 Å². The summed E-state index contributed by atoms with van der Waals surface area (Å²) in [4.78, 5) is 14.2. The third kappa shape index (κ3) is 3.68. The highest BCUT2D eigenvalue weighted by Crippen LogP contribution is 2.17. The van der Waals surface area contributed by atoms with Gasteiger partial charge in [0.15, 0.2) is 5.82 Å². The van der Waals surface area contributed by atoms with Crippen molar-refractivity contribution in [2.24, 2.45) is 0 Å². The molecular weight excluding hydrogens is 248 g/mol. The second kappa shape index (κ2) is 7.10. The summed E-state index contributed by atoms with van der Waals surface area (Å²) in [6.45, 7) is 5.07. The number of aromatic nitrogens is 2. The van der Waals surface area contributed by atoms with Crippen molar-refractivity contribution in [3.05, 3.63) is 11.3 Å². The average Bonchev–Trinajstić information content (AvgIpc) is 2.69. The van der Waals surface area contributed by atoms with Gasteiger partial charge in [0, 0.05) is 26.5 Å². The molecule has 19 heavy (non-hydrogen) atoms. The van der Waals surface area contributed by atoms with E-state index in [0.29, 0.717) is 31.0 Å². The smallest absolute Gasteiger partial charge is 0.259 e. The van der Waals surface area contributed by atoms with Gasteiger partial charge in [-0.3, -0.25) is 9.89 Å². The van der Waals surface area contributed by atoms with Gasteiger partial charge in [-0.2, -0.15) is 5.10 Å². The maximum absolute atomic E-state index is 12.5. The molecule has 108 valence electrons. The number of rotatable bonds is 7. The Balaban J connectivity index is 2.93. The standard InChI is InChI=1S/C12H22N4O3/c1-8(7-19-4)16(5-6-18-3)12(17)10-9(2)14-15-11(10)13/h8H,5-7H2,1-4H3,(H3,13,14,15). The summed E-state index contributed by atoms with van der Waals surface area (Å²) in [6, 6.07) is -0.0682. The summed E-state index contributed by atoms with van der Waals surface area (Å²) in [5.41, 5.74) is 6.81. The highest BCUT2D eigenvalue weighted by atomic mass is 16.5. The Morgan fingerprint density at radius 2 is 2.16 bits per heavy atom. The highest BCUT2D eigenvalue weighted by Gasteiger charge is 2.25. The first-order valence-corrected chi connectivity index (χ1v) is 6.12. The number of ether oxygens (including phenoxy) is 2. The largest absolute Gasteiger partial charge is 0.383 e. The van der Waals surface area contributed by atoms with Crippen molar-refractivity contribution >= 4 is 11.7 Å². The Hall–Kier alpha value is -1.60.